The van der Waals surface area contributed by atoms with Gasteiger partial charge < -0.3 is 10.1 Å². The number of nitrogens with two attached hydrogens (primary N) is 1. The molecule has 0 fully saturated rings. The summed E-state index contributed by atoms with van der Waals surface area (Å²) in [6.07, 6.45) is 0.562. The molecule has 0 saturated heterocycles. The average Bonchev–Trinajstić information content (AvgIpc) is 2.32. The predicted octanol–water partition coefficient (Wildman–Crippen LogP) is 1.16. The van der Waals surface area contributed by atoms with Crippen LogP contribution in [0.2, 0.25) is 0 Å². The van der Waals surface area contributed by atoms with Gasteiger partial charge in [0, 0.05) is 13.0 Å². The first-order valence-corrected chi connectivity index (χ1v) is 6.47. The van der Waals surface area contributed by atoms with E-state index in [1.165, 1.54) is 0 Å². The van der Waals surface area contributed by atoms with E-state index in [1.54, 1.807) is 11.4 Å². The number of hydrogen-bond acceptors (Lipinski definition) is 5. The molecule has 0 aromatic heterocycles. The molecule has 0 bridgehead atoms. The SMILES string of the molecule is CCC(N=C1N=C(C)N(S)C(N)(C(C)C)N1)OC. The zero-order chi connectivity index (χ0) is 13.9. The van der Waals surface area contributed by atoms with Crippen molar-refractivity contribution in [3.05, 3.63) is 0 Å². The van der Waals surface area contributed by atoms with E-state index in [-0.39, 0.29) is 12.1 Å². The molecule has 0 aromatic carbocycles. The lowest BCUT2D eigenvalue weighted by molar-refractivity contribution is 0.105. The lowest BCUT2D eigenvalue weighted by Gasteiger charge is -2.44. The van der Waals surface area contributed by atoms with Crippen LogP contribution in [0.4, 0.5) is 0 Å². The van der Waals surface area contributed by atoms with Crippen LogP contribution in [-0.2, 0) is 4.74 Å². The molecule has 7 heteroatoms. The van der Waals surface area contributed by atoms with Gasteiger partial charge in [0.1, 0.15) is 5.84 Å². The van der Waals surface area contributed by atoms with Gasteiger partial charge in [-0.15, -0.1) is 0 Å². The summed E-state index contributed by atoms with van der Waals surface area (Å²) in [7, 11) is 1.63. The van der Waals surface area contributed by atoms with E-state index >= 15 is 0 Å². The van der Waals surface area contributed by atoms with Crippen LogP contribution < -0.4 is 11.1 Å². The Morgan fingerprint density at radius 2 is 2.22 bits per heavy atom. The Hall–Kier alpha value is -0.790. The molecule has 2 unspecified atom stereocenters. The number of guanidine groups is 1. The fourth-order valence-corrected chi connectivity index (χ4v) is 1.95. The van der Waals surface area contributed by atoms with Crippen molar-refractivity contribution in [2.24, 2.45) is 21.6 Å². The Kier molecular flexibility index (Phi) is 5.01. The molecular formula is C11H23N5OS. The molecule has 1 heterocycles. The molecule has 0 saturated carbocycles. The maximum Gasteiger partial charge on any atom is 0.225 e. The largest absolute Gasteiger partial charge is 0.360 e. The fourth-order valence-electron chi connectivity index (χ4n) is 1.63. The topological polar surface area (TPSA) is 75.2 Å². The fraction of sp³-hybridized carbons (Fsp3) is 0.818. The normalized spacial score (nSPS) is 28.3. The average molecular weight is 273 g/mol. The first-order valence-electron chi connectivity index (χ1n) is 6.07. The molecular weight excluding hydrogens is 250 g/mol. The van der Waals surface area contributed by atoms with Gasteiger partial charge >= 0.3 is 0 Å². The highest BCUT2D eigenvalue weighted by Crippen LogP contribution is 2.22. The molecule has 1 rings (SSSR count). The van der Waals surface area contributed by atoms with Crippen molar-refractivity contribution in [2.75, 3.05) is 7.11 Å². The Morgan fingerprint density at radius 3 is 2.67 bits per heavy atom. The molecule has 0 amide bonds. The van der Waals surface area contributed by atoms with Crippen LogP contribution in [0, 0.1) is 5.92 Å². The molecule has 0 aromatic rings. The maximum atomic E-state index is 6.32. The summed E-state index contributed by atoms with van der Waals surface area (Å²) < 4.78 is 6.85. The molecule has 18 heavy (non-hydrogen) atoms. The van der Waals surface area contributed by atoms with Gasteiger partial charge in [-0.2, -0.15) is 4.99 Å². The minimum atomic E-state index is -0.806. The number of nitrogens with zero attached hydrogens (tertiary/aromatic N) is 3. The number of hydrogen-bond donors (Lipinski definition) is 3. The summed E-state index contributed by atoms with van der Waals surface area (Å²) in [5.74, 6) is 0.522. The van der Waals surface area contributed by atoms with E-state index in [1.807, 2.05) is 27.7 Å². The summed E-state index contributed by atoms with van der Waals surface area (Å²) in [5.41, 5.74) is 6.32. The third-order valence-corrected chi connectivity index (χ3v) is 3.62. The number of ether oxygens (including phenoxy) is 1. The van der Waals surface area contributed by atoms with E-state index in [0.717, 1.165) is 6.42 Å². The van der Waals surface area contributed by atoms with E-state index in [2.05, 4.69) is 28.1 Å². The quantitative estimate of drug-likeness (QED) is 0.672. The molecule has 0 radical (unpaired) electrons. The Balaban J connectivity index is 3.05. The van der Waals surface area contributed by atoms with Crippen LogP contribution in [0.3, 0.4) is 0 Å². The van der Waals surface area contributed by atoms with E-state index in [4.69, 9.17) is 10.5 Å². The minimum absolute atomic E-state index is 0.133. The van der Waals surface area contributed by atoms with Gasteiger partial charge in [-0.05, 0) is 13.3 Å². The van der Waals surface area contributed by atoms with Crippen molar-refractivity contribution in [3.63, 3.8) is 0 Å². The molecule has 1 aliphatic rings. The highest BCUT2D eigenvalue weighted by Gasteiger charge is 2.39. The minimum Gasteiger partial charge on any atom is -0.360 e. The van der Waals surface area contributed by atoms with E-state index in [9.17, 15) is 0 Å². The monoisotopic (exact) mass is 273 g/mol. The molecule has 0 spiro atoms. The first kappa shape index (κ1) is 15.3. The Labute approximate surface area is 114 Å². The van der Waals surface area contributed by atoms with Gasteiger partial charge in [0.15, 0.2) is 12.0 Å². The van der Waals surface area contributed by atoms with Crippen LogP contribution in [0.25, 0.3) is 0 Å². The second-order valence-corrected chi connectivity index (χ2v) is 5.03. The third kappa shape index (κ3) is 2.96. The first-order chi connectivity index (χ1) is 8.35. The molecule has 6 nitrogen and oxygen atoms in total. The maximum absolute atomic E-state index is 6.32. The summed E-state index contributed by atoms with van der Waals surface area (Å²) in [6, 6.07) is 0. The van der Waals surface area contributed by atoms with Gasteiger partial charge in [-0.3, -0.25) is 10.0 Å². The number of methoxy groups -OCH3 is 1. The van der Waals surface area contributed by atoms with Gasteiger partial charge in [0.25, 0.3) is 0 Å². The Morgan fingerprint density at radius 1 is 1.61 bits per heavy atom. The zero-order valence-corrected chi connectivity index (χ0v) is 12.5. The summed E-state index contributed by atoms with van der Waals surface area (Å²) in [5, 5.41) is 3.12. The van der Waals surface area contributed by atoms with Gasteiger partial charge in [-0.25, -0.2) is 4.99 Å². The molecule has 3 N–H and O–H groups in total. The zero-order valence-electron chi connectivity index (χ0n) is 11.6. The van der Waals surface area contributed by atoms with Crippen molar-refractivity contribution in [1.29, 1.82) is 0 Å². The molecule has 104 valence electrons. The van der Waals surface area contributed by atoms with E-state index < -0.39 is 5.79 Å². The van der Waals surface area contributed by atoms with Crippen molar-refractivity contribution in [3.8, 4) is 0 Å². The van der Waals surface area contributed by atoms with Crippen LogP contribution in [0.5, 0.6) is 0 Å². The van der Waals surface area contributed by atoms with Crippen LogP contribution >= 0.6 is 12.8 Å². The number of aliphatic imine (C=N–C) groups is 2. The highest BCUT2D eigenvalue weighted by molar-refractivity contribution is 7.78. The third-order valence-electron chi connectivity index (χ3n) is 3.00. The number of amidine groups is 1. The molecule has 1 aliphatic heterocycles. The van der Waals surface area contributed by atoms with Gasteiger partial charge in [0.05, 0.1) is 0 Å². The number of thiol groups is 1. The second kappa shape index (κ2) is 5.90. The van der Waals surface area contributed by atoms with Gasteiger partial charge in [0.2, 0.25) is 5.96 Å². The summed E-state index contributed by atoms with van der Waals surface area (Å²) in [4.78, 5) is 8.71. The Bertz CT molecular complexity index is 353. The number of rotatable bonds is 4. The van der Waals surface area contributed by atoms with E-state index in [0.29, 0.717) is 11.8 Å². The van der Waals surface area contributed by atoms with Crippen molar-refractivity contribution in [2.45, 2.75) is 46.1 Å². The van der Waals surface area contributed by atoms with Crippen molar-refractivity contribution >= 4 is 24.6 Å². The summed E-state index contributed by atoms with van der Waals surface area (Å²) in [6.45, 7) is 7.88. The molecule has 2 atom stereocenters. The summed E-state index contributed by atoms with van der Waals surface area (Å²) >= 11 is 4.38. The second-order valence-electron chi connectivity index (χ2n) is 4.63. The predicted molar refractivity (Wildman–Crippen MR) is 77.3 cm³/mol. The van der Waals surface area contributed by atoms with Crippen LogP contribution in [0.1, 0.15) is 34.1 Å². The van der Waals surface area contributed by atoms with Crippen LogP contribution in [-0.4, -0.2) is 35.2 Å². The highest BCUT2D eigenvalue weighted by atomic mass is 32.1. The lowest BCUT2D eigenvalue weighted by Crippen LogP contribution is -2.70. The van der Waals surface area contributed by atoms with Gasteiger partial charge in [-0.1, -0.05) is 33.6 Å². The molecule has 0 aliphatic carbocycles. The van der Waals surface area contributed by atoms with Crippen molar-refractivity contribution < 1.29 is 4.74 Å². The lowest BCUT2D eigenvalue weighted by atomic mass is 10.1. The van der Waals surface area contributed by atoms with Crippen molar-refractivity contribution in [1.82, 2.24) is 9.62 Å². The van der Waals surface area contributed by atoms with Crippen LogP contribution in [0.15, 0.2) is 9.98 Å². The standard InChI is InChI=1S/C11H23N5OS/c1-6-9(17-5)14-10-13-8(4)16(18)11(12,15-10)7(2)3/h7,9,18H,6,12H2,1-5H3,(H,14,15). The smallest absolute Gasteiger partial charge is 0.225 e. The number of nitrogens with one attached hydrogen (secondary N) is 1.